The minimum atomic E-state index is 0.0929. The lowest BCUT2D eigenvalue weighted by molar-refractivity contribution is -0.132. The number of ether oxygens (including phenoxy) is 1. The van der Waals surface area contributed by atoms with E-state index in [1.807, 2.05) is 21.9 Å². The highest BCUT2D eigenvalue weighted by atomic mass is 32.2. The first-order valence-corrected chi connectivity index (χ1v) is 11.4. The van der Waals surface area contributed by atoms with Gasteiger partial charge in [-0.05, 0) is 12.1 Å². The molecule has 2 fully saturated rings. The molecule has 10 heteroatoms. The van der Waals surface area contributed by atoms with Crippen LogP contribution in [0.3, 0.4) is 0 Å². The Morgan fingerprint density at radius 1 is 1.04 bits per heavy atom. The van der Waals surface area contributed by atoms with Gasteiger partial charge >= 0.3 is 0 Å². The summed E-state index contributed by atoms with van der Waals surface area (Å²) >= 11 is 2.99. The van der Waals surface area contributed by atoms with Gasteiger partial charge < -0.3 is 19.4 Å². The molecule has 0 spiro atoms. The van der Waals surface area contributed by atoms with Crippen molar-refractivity contribution >= 4 is 50.4 Å². The highest BCUT2D eigenvalue weighted by molar-refractivity contribution is 8.00. The summed E-state index contributed by atoms with van der Waals surface area (Å²) in [5.74, 6) is 0.895. The molecule has 2 aromatic heterocycles. The summed E-state index contributed by atoms with van der Waals surface area (Å²) in [4.78, 5) is 40.4. The summed E-state index contributed by atoms with van der Waals surface area (Å²) in [5, 5.41) is 0.964. The van der Waals surface area contributed by atoms with Gasteiger partial charge in [-0.2, -0.15) is 0 Å². The second-order valence-electron chi connectivity index (χ2n) is 6.68. The number of hydrogen-bond acceptors (Lipinski definition) is 8. The number of rotatable bonds is 5. The molecule has 0 atom stereocenters. The second-order valence-corrected chi connectivity index (χ2v) is 8.62. The highest BCUT2D eigenvalue weighted by Crippen LogP contribution is 2.27. The van der Waals surface area contributed by atoms with Crippen LogP contribution in [0.4, 0.5) is 5.13 Å². The molecule has 2 saturated heterocycles. The highest BCUT2D eigenvalue weighted by Gasteiger charge is 2.24. The van der Waals surface area contributed by atoms with E-state index < -0.39 is 0 Å². The lowest BCUT2D eigenvalue weighted by Gasteiger charge is -2.34. The van der Waals surface area contributed by atoms with E-state index in [0.29, 0.717) is 50.9 Å². The standard InChI is InChI=1S/C18H23N5O3S2/c24-15(12-27-13-16(25)22-8-10-26-11-9-22)21-4-6-23(7-5-21)18-20-14-2-1-3-19-17(14)28-18/h1-3H,4-13H2. The van der Waals surface area contributed by atoms with Gasteiger partial charge in [0.15, 0.2) is 5.13 Å². The topological polar surface area (TPSA) is 78.9 Å². The molecule has 2 aromatic rings. The van der Waals surface area contributed by atoms with Crippen molar-refractivity contribution in [1.29, 1.82) is 0 Å². The summed E-state index contributed by atoms with van der Waals surface area (Å²) in [7, 11) is 0. The van der Waals surface area contributed by atoms with Crippen LogP contribution in [-0.2, 0) is 14.3 Å². The SMILES string of the molecule is O=C(CSCC(=O)N1CCN(c2nc3cccnc3s2)CC1)N1CCOCC1. The first kappa shape index (κ1) is 19.4. The maximum atomic E-state index is 12.5. The van der Waals surface area contributed by atoms with Crippen LogP contribution in [0.2, 0.25) is 0 Å². The molecular weight excluding hydrogens is 398 g/mol. The van der Waals surface area contributed by atoms with Crippen LogP contribution < -0.4 is 4.90 Å². The zero-order chi connectivity index (χ0) is 19.3. The van der Waals surface area contributed by atoms with E-state index in [2.05, 4.69) is 14.9 Å². The smallest absolute Gasteiger partial charge is 0.232 e. The summed E-state index contributed by atoms with van der Waals surface area (Å²) in [6, 6.07) is 3.86. The normalized spacial score (nSPS) is 17.9. The maximum absolute atomic E-state index is 12.5. The zero-order valence-electron chi connectivity index (χ0n) is 15.6. The lowest BCUT2D eigenvalue weighted by Crippen LogP contribution is -2.49. The minimum Gasteiger partial charge on any atom is -0.378 e. The fraction of sp³-hybridized carbons (Fsp3) is 0.556. The largest absolute Gasteiger partial charge is 0.378 e. The quantitative estimate of drug-likeness (QED) is 0.711. The molecule has 0 unspecified atom stereocenters. The molecule has 4 heterocycles. The second kappa shape index (κ2) is 9.06. The zero-order valence-corrected chi connectivity index (χ0v) is 17.2. The van der Waals surface area contributed by atoms with Gasteiger partial charge in [-0.3, -0.25) is 9.59 Å². The fourth-order valence-electron chi connectivity index (χ4n) is 3.26. The van der Waals surface area contributed by atoms with Gasteiger partial charge in [0.05, 0.1) is 24.7 Å². The van der Waals surface area contributed by atoms with Crippen molar-refractivity contribution in [2.75, 3.05) is 68.9 Å². The van der Waals surface area contributed by atoms with Gasteiger partial charge in [0.2, 0.25) is 11.8 Å². The number of carbonyl (C=O) groups is 2. The number of piperazine rings is 1. The predicted molar refractivity (Wildman–Crippen MR) is 111 cm³/mol. The van der Waals surface area contributed by atoms with E-state index in [1.54, 1.807) is 17.5 Å². The van der Waals surface area contributed by atoms with E-state index >= 15 is 0 Å². The number of thiazole rings is 1. The summed E-state index contributed by atoms with van der Waals surface area (Å²) in [6.07, 6.45) is 1.78. The number of hydrogen-bond donors (Lipinski definition) is 0. The summed E-state index contributed by atoms with van der Waals surface area (Å²) in [5.41, 5.74) is 0.919. The van der Waals surface area contributed by atoms with Crippen molar-refractivity contribution < 1.29 is 14.3 Å². The number of pyridine rings is 1. The van der Waals surface area contributed by atoms with Crippen LogP contribution in [0.1, 0.15) is 0 Å². The molecule has 0 aliphatic carbocycles. The Hall–Kier alpha value is -1.91. The first-order valence-electron chi connectivity index (χ1n) is 9.38. The molecule has 0 saturated carbocycles. The predicted octanol–water partition coefficient (Wildman–Crippen LogP) is 0.932. The number of thioether (sulfide) groups is 1. The molecule has 0 bridgehead atoms. The number of amides is 2. The van der Waals surface area contributed by atoms with Crippen molar-refractivity contribution in [2.45, 2.75) is 0 Å². The monoisotopic (exact) mass is 421 g/mol. The van der Waals surface area contributed by atoms with Gasteiger partial charge in [-0.15, -0.1) is 11.8 Å². The van der Waals surface area contributed by atoms with Gasteiger partial charge in [0.1, 0.15) is 10.3 Å². The Balaban J connectivity index is 1.21. The Bertz CT molecular complexity index is 798. The molecule has 0 N–H and O–H groups in total. The van der Waals surface area contributed by atoms with Gasteiger partial charge in [0.25, 0.3) is 0 Å². The van der Waals surface area contributed by atoms with Crippen LogP contribution in [-0.4, -0.2) is 95.6 Å². The molecule has 150 valence electrons. The first-order chi connectivity index (χ1) is 13.7. The summed E-state index contributed by atoms with van der Waals surface area (Å²) < 4.78 is 5.26. The summed E-state index contributed by atoms with van der Waals surface area (Å²) in [6.45, 7) is 5.40. The van der Waals surface area contributed by atoms with Crippen LogP contribution in [0, 0.1) is 0 Å². The van der Waals surface area contributed by atoms with E-state index in [-0.39, 0.29) is 11.8 Å². The molecule has 28 heavy (non-hydrogen) atoms. The number of aromatic nitrogens is 2. The number of carbonyl (C=O) groups excluding carboxylic acids is 2. The Morgan fingerprint density at radius 2 is 1.71 bits per heavy atom. The number of anilines is 1. The molecule has 0 aromatic carbocycles. The van der Waals surface area contributed by atoms with E-state index in [1.165, 1.54) is 11.8 Å². The minimum absolute atomic E-state index is 0.0929. The molecule has 2 aliphatic rings. The number of nitrogens with zero attached hydrogens (tertiary/aromatic N) is 5. The van der Waals surface area contributed by atoms with E-state index in [9.17, 15) is 9.59 Å². The number of morpholine rings is 1. The Kier molecular flexibility index (Phi) is 6.28. The van der Waals surface area contributed by atoms with Crippen LogP contribution in [0.25, 0.3) is 10.3 Å². The lowest BCUT2D eigenvalue weighted by atomic mass is 10.3. The molecule has 2 amide bonds. The van der Waals surface area contributed by atoms with Crippen LogP contribution in [0.15, 0.2) is 18.3 Å². The third-order valence-corrected chi connectivity index (χ3v) is 6.81. The molecule has 2 aliphatic heterocycles. The maximum Gasteiger partial charge on any atom is 0.232 e. The van der Waals surface area contributed by atoms with Crippen molar-refractivity contribution in [3.63, 3.8) is 0 Å². The molecular formula is C18H23N5O3S2. The van der Waals surface area contributed by atoms with Crippen LogP contribution >= 0.6 is 23.1 Å². The third-order valence-electron chi connectivity index (χ3n) is 4.87. The Morgan fingerprint density at radius 3 is 2.39 bits per heavy atom. The molecule has 4 rings (SSSR count). The average Bonchev–Trinajstić information content (AvgIpc) is 3.18. The van der Waals surface area contributed by atoms with Crippen molar-refractivity contribution in [3.05, 3.63) is 18.3 Å². The van der Waals surface area contributed by atoms with Crippen molar-refractivity contribution in [2.24, 2.45) is 0 Å². The van der Waals surface area contributed by atoms with Crippen LogP contribution in [0.5, 0.6) is 0 Å². The fourth-order valence-corrected chi connectivity index (χ4v) is 5.04. The molecule has 0 radical (unpaired) electrons. The van der Waals surface area contributed by atoms with Crippen molar-refractivity contribution in [3.8, 4) is 0 Å². The third kappa shape index (κ3) is 4.56. The average molecular weight is 422 g/mol. The Labute approximate surface area is 171 Å². The van der Waals surface area contributed by atoms with Crippen molar-refractivity contribution in [1.82, 2.24) is 19.8 Å². The molecule has 8 nitrogen and oxygen atoms in total. The van der Waals surface area contributed by atoms with E-state index in [0.717, 1.165) is 28.6 Å². The number of fused-ring (bicyclic) bond motifs is 1. The van der Waals surface area contributed by atoms with Gasteiger partial charge in [0, 0.05) is 45.5 Å². The van der Waals surface area contributed by atoms with Gasteiger partial charge in [-0.1, -0.05) is 11.3 Å². The van der Waals surface area contributed by atoms with Gasteiger partial charge in [-0.25, -0.2) is 9.97 Å². The van der Waals surface area contributed by atoms with E-state index in [4.69, 9.17) is 4.74 Å².